The van der Waals surface area contributed by atoms with Crippen LogP contribution in [0, 0.1) is 5.92 Å². The van der Waals surface area contributed by atoms with Crippen LogP contribution in [0.25, 0.3) is 11.1 Å². The highest BCUT2D eigenvalue weighted by atomic mass is 16.6. The van der Waals surface area contributed by atoms with Crippen LogP contribution in [-0.4, -0.2) is 60.9 Å². The SMILES string of the molecule is C=CCC[C@H](NC(=O)OCC1c2ccccc2-c2ccccc21)C(=O)OC[C@@H](NC(=O)[C@@H](CC=C)CC(=O)N[C@H](C)CO)c1ccccc1. The van der Waals surface area contributed by atoms with Gasteiger partial charge < -0.3 is 30.5 Å². The van der Waals surface area contributed by atoms with Gasteiger partial charge in [0.1, 0.15) is 19.3 Å². The molecule has 0 heterocycles. The molecule has 3 amide bonds. The smallest absolute Gasteiger partial charge is 0.407 e. The van der Waals surface area contributed by atoms with Crippen molar-refractivity contribution in [2.75, 3.05) is 19.8 Å². The highest BCUT2D eigenvalue weighted by Crippen LogP contribution is 2.44. The van der Waals surface area contributed by atoms with E-state index < -0.39 is 42.0 Å². The number of allylic oxidation sites excluding steroid dienone is 2. The predicted molar refractivity (Wildman–Crippen MR) is 187 cm³/mol. The average Bonchev–Trinajstić information content (AvgIpc) is 3.44. The van der Waals surface area contributed by atoms with Crippen LogP contribution in [-0.2, 0) is 23.9 Å². The average molecular weight is 668 g/mol. The fourth-order valence-corrected chi connectivity index (χ4v) is 5.87. The molecule has 0 saturated heterocycles. The topological polar surface area (TPSA) is 143 Å². The Labute approximate surface area is 287 Å². The van der Waals surface area contributed by atoms with Crippen LogP contribution < -0.4 is 16.0 Å². The molecule has 0 radical (unpaired) electrons. The molecule has 0 unspecified atom stereocenters. The number of aliphatic hydroxyl groups is 1. The van der Waals surface area contributed by atoms with Crippen LogP contribution in [0.2, 0.25) is 0 Å². The third-order valence-electron chi connectivity index (χ3n) is 8.43. The summed E-state index contributed by atoms with van der Waals surface area (Å²) in [7, 11) is 0. The summed E-state index contributed by atoms with van der Waals surface area (Å²) in [5, 5.41) is 17.5. The van der Waals surface area contributed by atoms with Gasteiger partial charge >= 0.3 is 12.1 Å². The van der Waals surface area contributed by atoms with Gasteiger partial charge in [-0.1, -0.05) is 91.0 Å². The van der Waals surface area contributed by atoms with Crippen molar-refractivity contribution in [2.24, 2.45) is 5.92 Å². The Kier molecular flexibility index (Phi) is 13.7. The highest BCUT2D eigenvalue weighted by molar-refractivity contribution is 5.86. The summed E-state index contributed by atoms with van der Waals surface area (Å²) in [4.78, 5) is 52.3. The zero-order chi connectivity index (χ0) is 35.2. The van der Waals surface area contributed by atoms with Gasteiger partial charge in [-0.25, -0.2) is 9.59 Å². The summed E-state index contributed by atoms with van der Waals surface area (Å²) >= 11 is 0. The molecule has 0 bridgehead atoms. The van der Waals surface area contributed by atoms with Gasteiger partial charge in [-0.05, 0) is 54.0 Å². The van der Waals surface area contributed by atoms with Gasteiger partial charge in [0.15, 0.2) is 0 Å². The first kappa shape index (κ1) is 36.6. The molecule has 10 heteroatoms. The van der Waals surface area contributed by atoms with E-state index in [-0.39, 0.29) is 50.9 Å². The second kappa shape index (κ2) is 18.4. The second-order valence-corrected chi connectivity index (χ2v) is 12.1. The monoisotopic (exact) mass is 667 g/mol. The first-order valence-corrected chi connectivity index (χ1v) is 16.5. The first-order chi connectivity index (χ1) is 23.7. The zero-order valence-corrected chi connectivity index (χ0v) is 27.8. The van der Waals surface area contributed by atoms with Gasteiger partial charge in [0.05, 0.1) is 18.6 Å². The molecule has 0 aliphatic heterocycles. The maximum atomic E-state index is 13.4. The molecule has 10 nitrogen and oxygen atoms in total. The van der Waals surface area contributed by atoms with Crippen LogP contribution in [0.15, 0.2) is 104 Å². The molecule has 0 aromatic heterocycles. The molecule has 0 fully saturated rings. The van der Waals surface area contributed by atoms with Crippen molar-refractivity contribution in [1.29, 1.82) is 0 Å². The van der Waals surface area contributed by atoms with E-state index in [1.807, 2.05) is 42.5 Å². The minimum atomic E-state index is -1.02. The Balaban J connectivity index is 1.40. The number of carbonyl (C=O) groups is 4. The van der Waals surface area contributed by atoms with E-state index in [2.05, 4.69) is 41.2 Å². The van der Waals surface area contributed by atoms with Crippen molar-refractivity contribution in [2.45, 2.75) is 56.7 Å². The molecule has 0 saturated carbocycles. The Morgan fingerprint density at radius 3 is 2.08 bits per heavy atom. The molecule has 0 spiro atoms. The molecular weight excluding hydrogens is 622 g/mol. The van der Waals surface area contributed by atoms with Crippen molar-refractivity contribution >= 4 is 23.9 Å². The molecule has 4 N–H and O–H groups in total. The molecule has 4 rings (SSSR count). The number of alkyl carbamates (subject to hydrolysis) is 1. The number of aliphatic hydroxyl groups excluding tert-OH is 1. The van der Waals surface area contributed by atoms with Crippen LogP contribution >= 0.6 is 0 Å². The molecule has 3 aromatic rings. The van der Waals surface area contributed by atoms with E-state index in [9.17, 15) is 24.3 Å². The largest absolute Gasteiger partial charge is 0.462 e. The summed E-state index contributed by atoms with van der Waals surface area (Å²) in [6.45, 7) is 8.74. The fraction of sp³-hybridized carbons (Fsp3) is 0.333. The van der Waals surface area contributed by atoms with Crippen LogP contribution in [0.5, 0.6) is 0 Å². The Morgan fingerprint density at radius 1 is 0.837 bits per heavy atom. The summed E-state index contributed by atoms with van der Waals surface area (Å²) in [6.07, 6.45) is 3.24. The number of hydrogen-bond acceptors (Lipinski definition) is 7. The van der Waals surface area contributed by atoms with Gasteiger partial charge in [0.2, 0.25) is 11.8 Å². The molecule has 3 aromatic carbocycles. The van der Waals surface area contributed by atoms with E-state index in [4.69, 9.17) is 9.47 Å². The lowest BCUT2D eigenvalue weighted by atomic mass is 9.98. The fourth-order valence-electron chi connectivity index (χ4n) is 5.87. The molecule has 1 aliphatic carbocycles. The molecule has 49 heavy (non-hydrogen) atoms. The normalized spacial score (nSPS) is 14.2. The number of rotatable bonds is 18. The standard InChI is InChI=1S/C39H45N3O7/c1-4-6-21-34(42-39(47)49-24-33-31-19-12-10-17-29(31)30-18-11-13-20-32(30)33)38(46)48-25-35(27-15-8-7-9-16-27)41-37(45)28(14-5-2)22-36(44)40-26(3)23-43/h4-5,7-13,15-20,26,28,33-35,43H,1-2,6,14,21-25H2,3H3,(H,40,44)(H,41,45)(H,42,47)/t26-,28+,34+,35-/m1/s1. The minimum Gasteiger partial charge on any atom is -0.462 e. The number of nitrogens with one attached hydrogen (secondary N) is 3. The Bertz CT molecular complexity index is 1560. The number of amides is 3. The maximum Gasteiger partial charge on any atom is 0.407 e. The van der Waals surface area contributed by atoms with Crippen LogP contribution in [0.3, 0.4) is 0 Å². The highest BCUT2D eigenvalue weighted by Gasteiger charge is 2.31. The van der Waals surface area contributed by atoms with Gasteiger partial charge in [-0.3, -0.25) is 9.59 Å². The Morgan fingerprint density at radius 2 is 1.47 bits per heavy atom. The molecular formula is C39H45N3O7. The number of benzene rings is 3. The van der Waals surface area contributed by atoms with E-state index >= 15 is 0 Å². The summed E-state index contributed by atoms with van der Waals surface area (Å²) < 4.78 is 11.4. The number of hydrogen-bond donors (Lipinski definition) is 4. The summed E-state index contributed by atoms with van der Waals surface area (Å²) in [6, 6.07) is 22.8. The van der Waals surface area contributed by atoms with Crippen molar-refractivity contribution < 1.29 is 33.8 Å². The second-order valence-electron chi connectivity index (χ2n) is 12.1. The Hall–Kier alpha value is -5.22. The van der Waals surface area contributed by atoms with Crippen molar-refractivity contribution in [3.8, 4) is 11.1 Å². The quantitative estimate of drug-likeness (QED) is 0.106. The van der Waals surface area contributed by atoms with Crippen LogP contribution in [0.1, 0.15) is 61.3 Å². The number of esters is 1. The lowest BCUT2D eigenvalue weighted by molar-refractivity contribution is -0.147. The first-order valence-electron chi connectivity index (χ1n) is 16.5. The zero-order valence-electron chi connectivity index (χ0n) is 27.8. The maximum absolute atomic E-state index is 13.4. The third-order valence-corrected chi connectivity index (χ3v) is 8.43. The van der Waals surface area contributed by atoms with Crippen molar-refractivity contribution in [1.82, 2.24) is 16.0 Å². The van der Waals surface area contributed by atoms with Crippen molar-refractivity contribution in [3.63, 3.8) is 0 Å². The number of fused-ring (bicyclic) bond motifs is 3. The van der Waals surface area contributed by atoms with E-state index in [1.54, 1.807) is 43.3 Å². The van der Waals surface area contributed by atoms with E-state index in [1.165, 1.54) is 0 Å². The lowest BCUT2D eigenvalue weighted by Crippen LogP contribution is -2.44. The minimum absolute atomic E-state index is 0.0913. The van der Waals surface area contributed by atoms with Crippen LogP contribution in [0.4, 0.5) is 4.79 Å². The molecule has 1 aliphatic rings. The van der Waals surface area contributed by atoms with Gasteiger partial charge in [0, 0.05) is 18.4 Å². The number of ether oxygens (including phenoxy) is 2. The van der Waals surface area contributed by atoms with Gasteiger partial charge in [-0.2, -0.15) is 0 Å². The van der Waals surface area contributed by atoms with Gasteiger partial charge in [0.25, 0.3) is 0 Å². The molecule has 258 valence electrons. The lowest BCUT2D eigenvalue weighted by Gasteiger charge is -2.24. The van der Waals surface area contributed by atoms with E-state index in [0.29, 0.717) is 12.0 Å². The van der Waals surface area contributed by atoms with E-state index in [0.717, 1.165) is 22.3 Å². The van der Waals surface area contributed by atoms with Gasteiger partial charge in [-0.15, -0.1) is 13.2 Å². The summed E-state index contributed by atoms with van der Waals surface area (Å²) in [5.41, 5.74) is 5.05. The van der Waals surface area contributed by atoms with Crippen molar-refractivity contribution in [3.05, 3.63) is 121 Å². The number of carbonyl (C=O) groups excluding carboxylic acids is 4. The summed E-state index contributed by atoms with van der Waals surface area (Å²) in [5.74, 6) is -2.36. The predicted octanol–water partition coefficient (Wildman–Crippen LogP) is 5.34. The third kappa shape index (κ3) is 10.1. The molecule has 4 atom stereocenters.